The number of nitrogens with one attached hydrogen (secondary N) is 2. The van der Waals surface area contributed by atoms with Crippen molar-refractivity contribution >= 4 is 11.6 Å². The molecule has 1 fully saturated rings. The Labute approximate surface area is 146 Å². The van der Waals surface area contributed by atoms with Crippen molar-refractivity contribution in [1.29, 1.82) is 0 Å². The van der Waals surface area contributed by atoms with Crippen LogP contribution >= 0.6 is 0 Å². The molecule has 3 aromatic rings. The molecule has 126 valence electrons. The van der Waals surface area contributed by atoms with Gasteiger partial charge in [0.1, 0.15) is 11.5 Å². The van der Waals surface area contributed by atoms with Crippen molar-refractivity contribution in [1.82, 2.24) is 10.3 Å². The second-order valence-electron chi connectivity index (χ2n) is 6.20. The summed E-state index contributed by atoms with van der Waals surface area (Å²) in [6.45, 7) is 0.351. The Morgan fingerprint density at radius 1 is 1.16 bits per heavy atom. The van der Waals surface area contributed by atoms with E-state index in [1.807, 2.05) is 18.2 Å². The largest absolute Gasteiger partial charge is 0.467 e. The second kappa shape index (κ2) is 6.81. The monoisotopic (exact) mass is 333 g/mol. The van der Waals surface area contributed by atoms with Crippen LogP contribution in [-0.2, 0) is 6.54 Å². The number of amides is 1. The van der Waals surface area contributed by atoms with Gasteiger partial charge in [0.05, 0.1) is 12.8 Å². The summed E-state index contributed by atoms with van der Waals surface area (Å²) in [5.74, 6) is 1.03. The van der Waals surface area contributed by atoms with Crippen molar-refractivity contribution in [3.8, 4) is 0 Å². The summed E-state index contributed by atoms with van der Waals surface area (Å²) >= 11 is 0. The van der Waals surface area contributed by atoms with Gasteiger partial charge in [-0.1, -0.05) is 30.3 Å². The molecule has 1 aromatic carbocycles. The van der Waals surface area contributed by atoms with Gasteiger partial charge in [0.15, 0.2) is 0 Å². The fraction of sp³-hybridized carbons (Fsp3) is 0.200. The molecule has 2 aromatic heterocycles. The Kier molecular flexibility index (Phi) is 4.21. The van der Waals surface area contributed by atoms with E-state index in [1.165, 1.54) is 5.56 Å². The SMILES string of the molecule is O=C(NCc1ccco1)c1cc(N[C@@H]2C[C@H]2c2ccccc2)ccn1. The molecule has 1 aliphatic carbocycles. The summed E-state index contributed by atoms with van der Waals surface area (Å²) in [7, 11) is 0. The Balaban J connectivity index is 1.36. The third-order valence-electron chi connectivity index (χ3n) is 4.37. The molecule has 1 aliphatic rings. The Morgan fingerprint density at radius 3 is 2.84 bits per heavy atom. The van der Waals surface area contributed by atoms with Crippen LogP contribution < -0.4 is 10.6 Å². The smallest absolute Gasteiger partial charge is 0.270 e. The number of carbonyl (C=O) groups excluding carboxylic acids is 1. The van der Waals surface area contributed by atoms with Gasteiger partial charge in [0, 0.05) is 23.8 Å². The minimum Gasteiger partial charge on any atom is -0.467 e. The topological polar surface area (TPSA) is 67.2 Å². The summed E-state index contributed by atoms with van der Waals surface area (Å²) in [5, 5.41) is 6.30. The number of pyridine rings is 1. The number of rotatable bonds is 6. The number of benzene rings is 1. The Hall–Kier alpha value is -3.08. The van der Waals surface area contributed by atoms with Gasteiger partial charge in [-0.3, -0.25) is 9.78 Å². The summed E-state index contributed by atoms with van der Waals surface area (Å²) in [6.07, 6.45) is 4.35. The van der Waals surface area contributed by atoms with Crippen LogP contribution in [0.25, 0.3) is 0 Å². The highest BCUT2D eigenvalue weighted by atomic mass is 16.3. The first-order valence-electron chi connectivity index (χ1n) is 8.38. The molecule has 4 rings (SSSR count). The van der Waals surface area contributed by atoms with Crippen LogP contribution in [0.5, 0.6) is 0 Å². The van der Waals surface area contributed by atoms with Crippen LogP contribution in [0, 0.1) is 0 Å². The van der Waals surface area contributed by atoms with Crippen molar-refractivity contribution in [3.05, 3.63) is 84.1 Å². The van der Waals surface area contributed by atoms with Crippen molar-refractivity contribution in [3.63, 3.8) is 0 Å². The van der Waals surface area contributed by atoms with E-state index in [9.17, 15) is 4.79 Å². The molecule has 5 heteroatoms. The van der Waals surface area contributed by atoms with E-state index in [-0.39, 0.29) is 5.91 Å². The van der Waals surface area contributed by atoms with Gasteiger partial charge in [0.25, 0.3) is 5.91 Å². The zero-order valence-corrected chi connectivity index (χ0v) is 13.7. The lowest BCUT2D eigenvalue weighted by Gasteiger charge is -2.08. The summed E-state index contributed by atoms with van der Waals surface area (Å²) in [4.78, 5) is 16.4. The van der Waals surface area contributed by atoms with Crippen LogP contribution in [0.2, 0.25) is 0 Å². The molecule has 1 amide bonds. The van der Waals surface area contributed by atoms with Gasteiger partial charge in [0.2, 0.25) is 0 Å². The Morgan fingerprint density at radius 2 is 2.04 bits per heavy atom. The van der Waals surface area contributed by atoms with E-state index in [2.05, 4.69) is 39.9 Å². The number of nitrogens with zero attached hydrogens (tertiary/aromatic N) is 1. The van der Waals surface area contributed by atoms with E-state index in [1.54, 1.807) is 24.6 Å². The summed E-state index contributed by atoms with van der Waals surface area (Å²) < 4.78 is 5.21. The molecule has 0 saturated heterocycles. The highest BCUT2D eigenvalue weighted by Gasteiger charge is 2.38. The molecule has 0 aliphatic heterocycles. The van der Waals surface area contributed by atoms with Crippen LogP contribution in [0.15, 0.2) is 71.5 Å². The second-order valence-corrected chi connectivity index (χ2v) is 6.20. The highest BCUT2D eigenvalue weighted by Crippen LogP contribution is 2.42. The van der Waals surface area contributed by atoms with E-state index in [0.29, 0.717) is 30.0 Å². The van der Waals surface area contributed by atoms with Gasteiger partial charge in [-0.2, -0.15) is 0 Å². The molecule has 25 heavy (non-hydrogen) atoms. The lowest BCUT2D eigenvalue weighted by molar-refractivity contribution is 0.0943. The van der Waals surface area contributed by atoms with Gasteiger partial charge >= 0.3 is 0 Å². The normalized spacial score (nSPS) is 18.6. The summed E-state index contributed by atoms with van der Waals surface area (Å²) in [6, 6.07) is 18.2. The maximum absolute atomic E-state index is 12.2. The van der Waals surface area contributed by atoms with E-state index in [4.69, 9.17) is 4.42 Å². The first-order chi connectivity index (χ1) is 12.3. The van der Waals surface area contributed by atoms with Crippen molar-refractivity contribution in [2.24, 2.45) is 0 Å². The first-order valence-corrected chi connectivity index (χ1v) is 8.38. The number of anilines is 1. The molecule has 5 nitrogen and oxygen atoms in total. The minimum atomic E-state index is -0.213. The minimum absolute atomic E-state index is 0.213. The molecular formula is C20H19N3O2. The molecule has 0 radical (unpaired) electrons. The van der Waals surface area contributed by atoms with Crippen LogP contribution in [0.3, 0.4) is 0 Å². The molecule has 2 heterocycles. The molecule has 0 bridgehead atoms. The van der Waals surface area contributed by atoms with Crippen molar-refractivity contribution in [2.75, 3.05) is 5.32 Å². The molecule has 0 spiro atoms. The first kappa shape index (κ1) is 15.4. The predicted molar refractivity (Wildman–Crippen MR) is 95.3 cm³/mol. The predicted octanol–water partition coefficient (Wildman–Crippen LogP) is 3.57. The lowest BCUT2D eigenvalue weighted by Crippen LogP contribution is -2.23. The molecule has 2 N–H and O–H groups in total. The quantitative estimate of drug-likeness (QED) is 0.724. The molecule has 2 atom stereocenters. The lowest BCUT2D eigenvalue weighted by atomic mass is 10.1. The van der Waals surface area contributed by atoms with Crippen molar-refractivity contribution < 1.29 is 9.21 Å². The average Bonchev–Trinajstić information content (AvgIpc) is 3.21. The van der Waals surface area contributed by atoms with Crippen LogP contribution in [-0.4, -0.2) is 16.9 Å². The highest BCUT2D eigenvalue weighted by molar-refractivity contribution is 5.93. The standard InChI is InChI=1S/C20H19N3O2/c24-20(22-13-16-7-4-10-25-16)19-11-15(8-9-21-19)23-18-12-17(18)14-5-2-1-3-6-14/h1-11,17-18H,12-13H2,(H,21,23)(H,22,24)/t17-,18+/m0/s1. The average molecular weight is 333 g/mol. The fourth-order valence-electron chi connectivity index (χ4n) is 2.95. The van der Waals surface area contributed by atoms with E-state index < -0.39 is 0 Å². The van der Waals surface area contributed by atoms with Gasteiger partial charge in [-0.15, -0.1) is 0 Å². The third-order valence-corrected chi connectivity index (χ3v) is 4.37. The maximum atomic E-state index is 12.2. The van der Waals surface area contributed by atoms with Crippen molar-refractivity contribution in [2.45, 2.75) is 24.9 Å². The molecular weight excluding hydrogens is 314 g/mol. The van der Waals surface area contributed by atoms with Gasteiger partial charge in [-0.05, 0) is 36.2 Å². The third kappa shape index (κ3) is 3.71. The van der Waals surface area contributed by atoms with Crippen LogP contribution in [0.4, 0.5) is 5.69 Å². The fourth-order valence-corrected chi connectivity index (χ4v) is 2.95. The van der Waals surface area contributed by atoms with Crippen LogP contribution in [0.1, 0.15) is 34.2 Å². The molecule has 1 saturated carbocycles. The Bertz CT molecular complexity index is 846. The summed E-state index contributed by atoms with van der Waals surface area (Å²) in [5.41, 5.74) is 2.67. The number of hydrogen-bond acceptors (Lipinski definition) is 4. The number of carbonyl (C=O) groups is 1. The van der Waals surface area contributed by atoms with Gasteiger partial charge < -0.3 is 15.1 Å². The number of aromatic nitrogens is 1. The van der Waals surface area contributed by atoms with E-state index in [0.717, 1.165) is 12.1 Å². The number of furan rings is 1. The molecule has 0 unspecified atom stereocenters. The zero-order valence-electron chi connectivity index (χ0n) is 13.7. The maximum Gasteiger partial charge on any atom is 0.270 e. The number of hydrogen-bond donors (Lipinski definition) is 2. The van der Waals surface area contributed by atoms with E-state index >= 15 is 0 Å². The van der Waals surface area contributed by atoms with Gasteiger partial charge in [-0.25, -0.2) is 0 Å². The zero-order chi connectivity index (χ0) is 17.1.